The largest absolute Gasteiger partial charge is 0.497 e. The summed E-state index contributed by atoms with van der Waals surface area (Å²) < 4.78 is 10.7. The Morgan fingerprint density at radius 1 is 1.18 bits per heavy atom. The number of hydrogen-bond donors (Lipinski definition) is 0. The topological polar surface area (TPSA) is 18.5 Å². The van der Waals surface area contributed by atoms with Crippen LogP contribution in [0.2, 0.25) is 0 Å². The molecule has 0 spiro atoms. The molecule has 94 valence electrons. The molecule has 2 unspecified atom stereocenters. The molecule has 0 saturated heterocycles. The van der Waals surface area contributed by atoms with E-state index in [1.165, 1.54) is 24.8 Å². The SMILES string of the molecule is COc1cc(OC)cc(C2(C)CCC(Br)C2)c1. The molecule has 1 aromatic rings. The predicted molar refractivity (Wildman–Crippen MR) is 73.5 cm³/mol. The van der Waals surface area contributed by atoms with Gasteiger partial charge in [0.15, 0.2) is 0 Å². The van der Waals surface area contributed by atoms with Crippen molar-refractivity contribution >= 4 is 15.9 Å². The van der Waals surface area contributed by atoms with E-state index in [1.54, 1.807) is 14.2 Å². The van der Waals surface area contributed by atoms with Crippen LogP contribution in [0.3, 0.4) is 0 Å². The van der Waals surface area contributed by atoms with Crippen LogP contribution < -0.4 is 9.47 Å². The van der Waals surface area contributed by atoms with Crippen molar-refractivity contribution in [2.24, 2.45) is 0 Å². The summed E-state index contributed by atoms with van der Waals surface area (Å²) in [5.41, 5.74) is 1.55. The van der Waals surface area contributed by atoms with Crippen LogP contribution >= 0.6 is 15.9 Å². The van der Waals surface area contributed by atoms with Crippen LogP contribution in [0.4, 0.5) is 0 Å². The zero-order chi connectivity index (χ0) is 12.5. The van der Waals surface area contributed by atoms with Crippen LogP contribution in [0, 0.1) is 0 Å². The third kappa shape index (κ3) is 2.59. The molecule has 0 aliphatic heterocycles. The summed E-state index contributed by atoms with van der Waals surface area (Å²) in [5.74, 6) is 1.75. The zero-order valence-corrected chi connectivity index (χ0v) is 12.2. The van der Waals surface area contributed by atoms with Gasteiger partial charge in [0.1, 0.15) is 11.5 Å². The van der Waals surface area contributed by atoms with Gasteiger partial charge in [0.25, 0.3) is 0 Å². The monoisotopic (exact) mass is 298 g/mol. The van der Waals surface area contributed by atoms with Crippen molar-refractivity contribution in [3.63, 3.8) is 0 Å². The van der Waals surface area contributed by atoms with Gasteiger partial charge >= 0.3 is 0 Å². The van der Waals surface area contributed by atoms with Gasteiger partial charge < -0.3 is 9.47 Å². The molecule has 0 N–H and O–H groups in total. The number of rotatable bonds is 3. The number of benzene rings is 1. The maximum Gasteiger partial charge on any atom is 0.122 e. The van der Waals surface area contributed by atoms with Gasteiger partial charge in [-0.25, -0.2) is 0 Å². The standard InChI is InChI=1S/C14H19BrO2/c1-14(5-4-11(15)9-14)10-6-12(16-2)8-13(7-10)17-3/h6-8,11H,4-5,9H2,1-3H3. The zero-order valence-electron chi connectivity index (χ0n) is 10.6. The average molecular weight is 299 g/mol. The fourth-order valence-corrected chi connectivity index (χ4v) is 3.53. The Balaban J connectivity index is 2.37. The van der Waals surface area contributed by atoms with Gasteiger partial charge in [-0.3, -0.25) is 0 Å². The molecule has 1 fully saturated rings. The van der Waals surface area contributed by atoms with Crippen LogP contribution in [-0.2, 0) is 5.41 Å². The van der Waals surface area contributed by atoms with Gasteiger partial charge in [0.2, 0.25) is 0 Å². The molecule has 1 aliphatic rings. The lowest BCUT2D eigenvalue weighted by atomic mass is 9.81. The van der Waals surface area contributed by atoms with E-state index in [0.717, 1.165) is 11.5 Å². The van der Waals surface area contributed by atoms with Crippen molar-refractivity contribution in [2.75, 3.05) is 14.2 Å². The van der Waals surface area contributed by atoms with Crippen molar-refractivity contribution in [1.82, 2.24) is 0 Å². The van der Waals surface area contributed by atoms with E-state index >= 15 is 0 Å². The Hall–Kier alpha value is -0.700. The molecule has 2 nitrogen and oxygen atoms in total. The predicted octanol–water partition coefficient (Wildman–Crippen LogP) is 3.91. The highest BCUT2D eigenvalue weighted by Gasteiger charge is 2.35. The maximum absolute atomic E-state index is 5.34. The van der Waals surface area contributed by atoms with Gasteiger partial charge in [0.05, 0.1) is 14.2 Å². The minimum atomic E-state index is 0.232. The number of alkyl halides is 1. The summed E-state index contributed by atoms with van der Waals surface area (Å²) in [6, 6.07) is 6.19. The Labute approximate surface area is 111 Å². The molecule has 1 aliphatic carbocycles. The quantitative estimate of drug-likeness (QED) is 0.788. The van der Waals surface area contributed by atoms with Crippen LogP contribution in [0.5, 0.6) is 11.5 Å². The lowest BCUT2D eigenvalue weighted by Crippen LogP contribution is -2.18. The smallest absolute Gasteiger partial charge is 0.122 e. The lowest BCUT2D eigenvalue weighted by molar-refractivity contribution is 0.388. The van der Waals surface area contributed by atoms with Crippen molar-refractivity contribution in [2.45, 2.75) is 36.4 Å². The van der Waals surface area contributed by atoms with Crippen molar-refractivity contribution < 1.29 is 9.47 Å². The maximum atomic E-state index is 5.34. The first-order valence-corrected chi connectivity index (χ1v) is 6.86. The summed E-state index contributed by atoms with van der Waals surface area (Å²) in [5, 5.41) is 0. The highest BCUT2D eigenvalue weighted by atomic mass is 79.9. The van der Waals surface area contributed by atoms with Crippen LogP contribution in [0.15, 0.2) is 18.2 Å². The molecule has 0 aromatic heterocycles. The van der Waals surface area contributed by atoms with E-state index in [1.807, 2.05) is 6.07 Å². The average Bonchev–Trinajstić information content (AvgIpc) is 2.70. The molecule has 0 heterocycles. The van der Waals surface area contributed by atoms with Gasteiger partial charge in [-0.1, -0.05) is 22.9 Å². The molecular formula is C14H19BrO2. The minimum absolute atomic E-state index is 0.232. The summed E-state index contributed by atoms with van der Waals surface area (Å²) in [6.07, 6.45) is 3.61. The first-order valence-electron chi connectivity index (χ1n) is 5.95. The number of methoxy groups -OCH3 is 2. The van der Waals surface area contributed by atoms with Crippen LogP contribution in [0.25, 0.3) is 0 Å². The van der Waals surface area contributed by atoms with Crippen molar-refractivity contribution in [3.05, 3.63) is 23.8 Å². The van der Waals surface area contributed by atoms with Gasteiger partial charge in [0, 0.05) is 10.9 Å². The third-order valence-corrected chi connectivity index (χ3v) is 4.51. The molecule has 17 heavy (non-hydrogen) atoms. The van der Waals surface area contributed by atoms with Gasteiger partial charge in [-0.05, 0) is 42.4 Å². The van der Waals surface area contributed by atoms with Crippen molar-refractivity contribution in [3.8, 4) is 11.5 Å². The Morgan fingerprint density at radius 2 is 1.76 bits per heavy atom. The Kier molecular flexibility index (Phi) is 3.67. The highest BCUT2D eigenvalue weighted by molar-refractivity contribution is 9.09. The first-order chi connectivity index (χ1) is 8.07. The molecule has 0 bridgehead atoms. The summed E-state index contributed by atoms with van der Waals surface area (Å²) in [7, 11) is 3.39. The van der Waals surface area contributed by atoms with Gasteiger partial charge in [-0.15, -0.1) is 0 Å². The lowest BCUT2D eigenvalue weighted by Gasteiger charge is -2.25. The number of ether oxygens (including phenoxy) is 2. The Morgan fingerprint density at radius 3 is 2.18 bits per heavy atom. The van der Waals surface area contributed by atoms with Gasteiger partial charge in [-0.2, -0.15) is 0 Å². The number of hydrogen-bond acceptors (Lipinski definition) is 2. The van der Waals surface area contributed by atoms with E-state index in [4.69, 9.17) is 9.47 Å². The second kappa shape index (κ2) is 4.89. The van der Waals surface area contributed by atoms with E-state index in [9.17, 15) is 0 Å². The molecule has 2 rings (SSSR count). The van der Waals surface area contributed by atoms with E-state index in [-0.39, 0.29) is 5.41 Å². The molecule has 0 radical (unpaired) electrons. The fraction of sp³-hybridized carbons (Fsp3) is 0.571. The molecular weight excluding hydrogens is 280 g/mol. The molecule has 1 aromatic carbocycles. The minimum Gasteiger partial charge on any atom is -0.497 e. The Bertz CT molecular complexity index is 383. The van der Waals surface area contributed by atoms with E-state index in [0.29, 0.717) is 4.83 Å². The molecule has 0 amide bonds. The number of halogens is 1. The molecule has 1 saturated carbocycles. The summed E-state index contributed by atoms with van der Waals surface area (Å²) in [4.78, 5) is 0.629. The van der Waals surface area contributed by atoms with E-state index < -0.39 is 0 Å². The van der Waals surface area contributed by atoms with Crippen LogP contribution in [-0.4, -0.2) is 19.0 Å². The molecule has 2 atom stereocenters. The summed E-state index contributed by atoms with van der Waals surface area (Å²) >= 11 is 3.72. The summed E-state index contributed by atoms with van der Waals surface area (Å²) in [6.45, 7) is 2.32. The highest BCUT2D eigenvalue weighted by Crippen LogP contribution is 2.45. The molecule has 3 heteroatoms. The van der Waals surface area contributed by atoms with Crippen molar-refractivity contribution in [1.29, 1.82) is 0 Å². The third-order valence-electron chi connectivity index (χ3n) is 3.73. The normalized spacial score (nSPS) is 28.1. The first kappa shape index (κ1) is 12.7. The second-order valence-corrected chi connectivity index (χ2v) is 6.30. The fourth-order valence-electron chi connectivity index (χ4n) is 2.59. The second-order valence-electron chi connectivity index (χ2n) is 5.00. The van der Waals surface area contributed by atoms with E-state index in [2.05, 4.69) is 35.0 Å². The van der Waals surface area contributed by atoms with Crippen LogP contribution in [0.1, 0.15) is 31.7 Å².